The van der Waals surface area contributed by atoms with E-state index < -0.39 is 10.0 Å². The zero-order valence-electron chi connectivity index (χ0n) is 9.22. The van der Waals surface area contributed by atoms with Crippen molar-refractivity contribution in [3.63, 3.8) is 0 Å². The second-order valence-corrected chi connectivity index (χ2v) is 6.85. The van der Waals surface area contributed by atoms with Gasteiger partial charge in [-0.1, -0.05) is 19.1 Å². The summed E-state index contributed by atoms with van der Waals surface area (Å²) in [6.07, 6.45) is 0.661. The van der Waals surface area contributed by atoms with Gasteiger partial charge in [0.05, 0.1) is 11.4 Å². The molecule has 88 valence electrons. The zero-order valence-corrected chi connectivity index (χ0v) is 10.9. The van der Waals surface area contributed by atoms with Crippen molar-refractivity contribution in [3.8, 4) is 0 Å². The molecule has 0 aliphatic carbocycles. The number of nitrogens with zero attached hydrogens (tertiary/aromatic N) is 1. The van der Waals surface area contributed by atoms with Crippen LogP contribution in [0, 0.1) is 0 Å². The third-order valence-corrected chi connectivity index (χ3v) is 5.50. The smallest absolute Gasteiger partial charge is 0.235 e. The van der Waals surface area contributed by atoms with E-state index in [-0.39, 0.29) is 5.75 Å². The Hall–Kier alpha value is -0.680. The lowest BCUT2D eigenvalue weighted by Crippen LogP contribution is -2.36. The molecule has 0 fully saturated rings. The highest BCUT2D eigenvalue weighted by molar-refractivity contribution is 8.00. The minimum Gasteiger partial charge on any atom is -0.268 e. The predicted octanol–water partition coefficient (Wildman–Crippen LogP) is 2.34. The fourth-order valence-electron chi connectivity index (χ4n) is 1.80. The van der Waals surface area contributed by atoms with Crippen molar-refractivity contribution >= 4 is 27.5 Å². The van der Waals surface area contributed by atoms with Crippen LogP contribution in [0.25, 0.3) is 0 Å². The molecule has 1 aromatic carbocycles. The van der Waals surface area contributed by atoms with E-state index in [4.69, 9.17) is 0 Å². The van der Waals surface area contributed by atoms with Crippen molar-refractivity contribution in [2.24, 2.45) is 0 Å². The zero-order chi connectivity index (χ0) is 11.6. The first-order valence-corrected chi connectivity index (χ1v) is 7.97. The maximum Gasteiger partial charge on any atom is 0.235 e. The van der Waals surface area contributed by atoms with Crippen molar-refractivity contribution in [2.75, 3.05) is 22.4 Å². The minimum absolute atomic E-state index is 0.228. The SMILES string of the molecule is CCCS(=O)(=O)N1CCSc2ccccc21. The molecule has 0 amide bonds. The molecule has 1 aliphatic heterocycles. The molecule has 5 heteroatoms. The molecule has 1 aliphatic rings. The third-order valence-electron chi connectivity index (χ3n) is 2.48. The molecule has 0 radical (unpaired) electrons. The topological polar surface area (TPSA) is 37.4 Å². The van der Waals surface area contributed by atoms with E-state index in [0.717, 1.165) is 16.3 Å². The summed E-state index contributed by atoms with van der Waals surface area (Å²) in [5.74, 6) is 1.06. The fraction of sp³-hybridized carbons (Fsp3) is 0.455. The monoisotopic (exact) mass is 257 g/mol. The number of benzene rings is 1. The van der Waals surface area contributed by atoms with Crippen LogP contribution in [0.15, 0.2) is 29.2 Å². The van der Waals surface area contributed by atoms with Gasteiger partial charge in [0.1, 0.15) is 0 Å². The molecule has 0 saturated carbocycles. The fourth-order valence-corrected chi connectivity index (χ4v) is 4.53. The summed E-state index contributed by atoms with van der Waals surface area (Å²) in [6.45, 7) is 2.48. The number of hydrogen-bond acceptors (Lipinski definition) is 3. The summed E-state index contributed by atoms with van der Waals surface area (Å²) in [6, 6.07) is 7.70. The lowest BCUT2D eigenvalue weighted by molar-refractivity contribution is 0.590. The Morgan fingerprint density at radius 2 is 2.12 bits per heavy atom. The molecule has 1 heterocycles. The summed E-state index contributed by atoms with van der Waals surface area (Å²) in [5.41, 5.74) is 0.840. The second-order valence-electron chi connectivity index (χ2n) is 3.70. The molecule has 0 bridgehead atoms. The van der Waals surface area contributed by atoms with Gasteiger partial charge in [0, 0.05) is 17.2 Å². The molecular formula is C11H15NO2S2. The van der Waals surface area contributed by atoms with Crippen LogP contribution in [0.5, 0.6) is 0 Å². The second kappa shape index (κ2) is 4.67. The Balaban J connectivity index is 2.39. The highest BCUT2D eigenvalue weighted by atomic mass is 32.2. The lowest BCUT2D eigenvalue weighted by Gasteiger charge is -2.29. The van der Waals surface area contributed by atoms with Gasteiger partial charge in [-0.05, 0) is 18.6 Å². The van der Waals surface area contributed by atoms with Crippen LogP contribution < -0.4 is 4.31 Å². The minimum atomic E-state index is -3.13. The van der Waals surface area contributed by atoms with Crippen LogP contribution in [0.1, 0.15) is 13.3 Å². The summed E-state index contributed by atoms with van der Waals surface area (Å²) < 4.78 is 25.7. The van der Waals surface area contributed by atoms with Crippen LogP contribution in [0.4, 0.5) is 5.69 Å². The Bertz CT molecular complexity index is 471. The van der Waals surface area contributed by atoms with Crippen molar-refractivity contribution < 1.29 is 8.42 Å². The van der Waals surface area contributed by atoms with E-state index in [9.17, 15) is 8.42 Å². The molecular weight excluding hydrogens is 242 g/mol. The Morgan fingerprint density at radius 3 is 2.88 bits per heavy atom. The largest absolute Gasteiger partial charge is 0.268 e. The van der Waals surface area contributed by atoms with Gasteiger partial charge in [-0.2, -0.15) is 0 Å². The summed E-state index contributed by atoms with van der Waals surface area (Å²) in [5, 5.41) is 0. The van der Waals surface area contributed by atoms with Gasteiger partial charge in [-0.15, -0.1) is 11.8 Å². The number of fused-ring (bicyclic) bond motifs is 1. The number of hydrogen-bond donors (Lipinski definition) is 0. The van der Waals surface area contributed by atoms with Crippen LogP contribution >= 0.6 is 11.8 Å². The molecule has 16 heavy (non-hydrogen) atoms. The summed E-state index contributed by atoms with van der Waals surface area (Å²) in [4.78, 5) is 1.06. The molecule has 0 aromatic heterocycles. The van der Waals surface area contributed by atoms with Gasteiger partial charge in [-0.25, -0.2) is 8.42 Å². The number of anilines is 1. The molecule has 0 spiro atoms. The van der Waals surface area contributed by atoms with Gasteiger partial charge in [0.25, 0.3) is 0 Å². The molecule has 1 aromatic rings. The van der Waals surface area contributed by atoms with Crippen LogP contribution in [-0.4, -0.2) is 26.5 Å². The average Bonchev–Trinajstić information content (AvgIpc) is 2.28. The van der Waals surface area contributed by atoms with Gasteiger partial charge in [0.15, 0.2) is 0 Å². The first-order valence-electron chi connectivity index (χ1n) is 5.37. The molecule has 0 unspecified atom stereocenters. The van der Waals surface area contributed by atoms with Gasteiger partial charge < -0.3 is 0 Å². The maximum absolute atomic E-state index is 12.1. The quantitative estimate of drug-likeness (QED) is 0.834. The standard InChI is InChI=1S/C11H15NO2S2/c1-2-9-16(13,14)12-7-8-15-11-6-4-3-5-10(11)12/h3-6H,2,7-9H2,1H3. The number of thioether (sulfide) groups is 1. The summed E-state index contributed by atoms with van der Waals surface area (Å²) >= 11 is 1.72. The van der Waals surface area contributed by atoms with Crippen LogP contribution in [-0.2, 0) is 10.0 Å². The molecule has 2 rings (SSSR count). The molecule has 0 N–H and O–H groups in total. The van der Waals surface area contributed by atoms with Crippen molar-refractivity contribution in [3.05, 3.63) is 24.3 Å². The van der Waals surface area contributed by atoms with E-state index >= 15 is 0 Å². The highest BCUT2D eigenvalue weighted by Crippen LogP contribution is 2.35. The summed E-state index contributed by atoms with van der Waals surface area (Å²) in [7, 11) is -3.13. The molecule has 3 nitrogen and oxygen atoms in total. The van der Waals surface area contributed by atoms with E-state index in [1.807, 2.05) is 31.2 Å². The molecule has 0 saturated heterocycles. The van der Waals surface area contributed by atoms with Crippen LogP contribution in [0.3, 0.4) is 0 Å². The Labute approximate surface area is 101 Å². The number of rotatable bonds is 3. The molecule has 0 atom stereocenters. The van der Waals surface area contributed by atoms with Crippen molar-refractivity contribution in [2.45, 2.75) is 18.2 Å². The predicted molar refractivity (Wildman–Crippen MR) is 68.6 cm³/mol. The highest BCUT2D eigenvalue weighted by Gasteiger charge is 2.26. The lowest BCUT2D eigenvalue weighted by atomic mass is 10.3. The first-order chi connectivity index (χ1) is 7.65. The van der Waals surface area contributed by atoms with E-state index in [1.54, 1.807) is 16.1 Å². The Kier molecular flexibility index (Phi) is 3.44. The van der Waals surface area contributed by atoms with E-state index in [0.29, 0.717) is 13.0 Å². The van der Waals surface area contributed by atoms with E-state index in [1.165, 1.54) is 0 Å². The van der Waals surface area contributed by atoms with Crippen LogP contribution in [0.2, 0.25) is 0 Å². The van der Waals surface area contributed by atoms with Gasteiger partial charge in [-0.3, -0.25) is 4.31 Å². The van der Waals surface area contributed by atoms with Gasteiger partial charge >= 0.3 is 0 Å². The van der Waals surface area contributed by atoms with Crippen molar-refractivity contribution in [1.29, 1.82) is 0 Å². The first kappa shape index (κ1) is 11.8. The average molecular weight is 257 g/mol. The van der Waals surface area contributed by atoms with Gasteiger partial charge in [0.2, 0.25) is 10.0 Å². The van der Waals surface area contributed by atoms with E-state index in [2.05, 4.69) is 0 Å². The number of para-hydroxylation sites is 1. The normalized spacial score (nSPS) is 15.9. The van der Waals surface area contributed by atoms with Crippen molar-refractivity contribution in [1.82, 2.24) is 0 Å². The number of sulfonamides is 1. The third kappa shape index (κ3) is 2.20. The Morgan fingerprint density at radius 1 is 1.38 bits per heavy atom. The maximum atomic E-state index is 12.1.